The van der Waals surface area contributed by atoms with E-state index in [4.69, 9.17) is 9.47 Å². The van der Waals surface area contributed by atoms with Gasteiger partial charge < -0.3 is 14.8 Å². The van der Waals surface area contributed by atoms with Crippen LogP contribution in [0, 0.1) is 0 Å². The summed E-state index contributed by atoms with van der Waals surface area (Å²) in [5.41, 5.74) is 1.13. The molecule has 0 saturated carbocycles. The second kappa shape index (κ2) is 9.09. The maximum absolute atomic E-state index is 11.6. The summed E-state index contributed by atoms with van der Waals surface area (Å²) < 4.78 is 10.1. The number of ether oxygens (including phenoxy) is 2. The quantitative estimate of drug-likeness (QED) is 0.587. The highest BCUT2D eigenvalue weighted by molar-refractivity contribution is 5.93. The molecule has 0 aromatic heterocycles. The summed E-state index contributed by atoms with van der Waals surface area (Å²) in [6.07, 6.45) is 1.11. The summed E-state index contributed by atoms with van der Waals surface area (Å²) in [6, 6.07) is 6.63. The molecule has 0 unspecified atom stereocenters. The highest BCUT2D eigenvalue weighted by atomic mass is 16.5. The van der Waals surface area contributed by atoms with Gasteiger partial charge in [-0.05, 0) is 37.6 Å². The smallest absolute Gasteiger partial charge is 0.338 e. The van der Waals surface area contributed by atoms with E-state index >= 15 is 0 Å². The lowest BCUT2D eigenvalue weighted by atomic mass is 10.2. The fourth-order valence-electron chi connectivity index (χ4n) is 1.50. The van der Waals surface area contributed by atoms with Gasteiger partial charge in [0.2, 0.25) is 5.91 Å². The molecule has 0 aliphatic carbocycles. The number of carbonyl (C=O) groups is 2. The van der Waals surface area contributed by atoms with E-state index in [0.717, 1.165) is 6.42 Å². The fourth-order valence-corrected chi connectivity index (χ4v) is 1.50. The molecular weight excluding hydrogens is 258 g/mol. The van der Waals surface area contributed by atoms with Crippen LogP contribution in [0.15, 0.2) is 24.3 Å². The van der Waals surface area contributed by atoms with Crippen molar-refractivity contribution in [3.05, 3.63) is 29.8 Å². The highest BCUT2D eigenvalue weighted by Gasteiger charge is 2.07. The molecule has 0 bridgehead atoms. The zero-order valence-electron chi connectivity index (χ0n) is 12.0. The third-order valence-corrected chi connectivity index (χ3v) is 2.52. The van der Waals surface area contributed by atoms with Crippen LogP contribution >= 0.6 is 0 Å². The summed E-state index contributed by atoms with van der Waals surface area (Å²) in [5, 5.41) is 2.74. The van der Waals surface area contributed by atoms with E-state index in [2.05, 4.69) is 5.32 Å². The van der Waals surface area contributed by atoms with Crippen molar-refractivity contribution in [2.75, 3.05) is 25.1 Å². The largest absolute Gasteiger partial charge is 0.462 e. The molecule has 0 atom stereocenters. The summed E-state index contributed by atoms with van der Waals surface area (Å²) >= 11 is 0. The van der Waals surface area contributed by atoms with E-state index in [1.165, 1.54) is 0 Å². The Morgan fingerprint density at radius 1 is 1.10 bits per heavy atom. The van der Waals surface area contributed by atoms with Crippen molar-refractivity contribution < 1.29 is 19.1 Å². The van der Waals surface area contributed by atoms with Crippen LogP contribution in [0.5, 0.6) is 0 Å². The Kier molecular flexibility index (Phi) is 7.35. The lowest BCUT2D eigenvalue weighted by Gasteiger charge is -2.07. The molecule has 1 aromatic carbocycles. The van der Waals surface area contributed by atoms with Crippen LogP contribution in [0.1, 0.15) is 37.0 Å². The third-order valence-electron chi connectivity index (χ3n) is 2.52. The first-order chi connectivity index (χ1) is 9.67. The van der Waals surface area contributed by atoms with Crippen molar-refractivity contribution >= 4 is 17.6 Å². The molecule has 0 saturated heterocycles. The van der Waals surface area contributed by atoms with Crippen LogP contribution in [0.25, 0.3) is 0 Å². The average Bonchev–Trinajstić information content (AvgIpc) is 2.46. The SMILES string of the molecule is CCCOC(=O)c1ccc(NC(=O)CCOCC)cc1. The van der Waals surface area contributed by atoms with Gasteiger partial charge in [0.15, 0.2) is 0 Å². The lowest BCUT2D eigenvalue weighted by molar-refractivity contribution is -0.117. The van der Waals surface area contributed by atoms with E-state index in [-0.39, 0.29) is 11.9 Å². The first-order valence-corrected chi connectivity index (χ1v) is 6.82. The molecule has 5 nitrogen and oxygen atoms in total. The number of carbonyl (C=O) groups excluding carboxylic acids is 2. The molecule has 0 fully saturated rings. The molecule has 5 heteroatoms. The molecule has 1 amide bonds. The zero-order valence-corrected chi connectivity index (χ0v) is 12.0. The molecule has 0 aliphatic heterocycles. The van der Waals surface area contributed by atoms with Crippen LogP contribution in [0.2, 0.25) is 0 Å². The molecule has 1 N–H and O–H groups in total. The van der Waals surface area contributed by atoms with Gasteiger partial charge in [0.05, 0.1) is 25.2 Å². The number of hydrogen-bond acceptors (Lipinski definition) is 4. The van der Waals surface area contributed by atoms with Crippen molar-refractivity contribution in [2.45, 2.75) is 26.7 Å². The third kappa shape index (κ3) is 5.84. The second-order valence-corrected chi connectivity index (χ2v) is 4.21. The van der Waals surface area contributed by atoms with Crippen LogP contribution in [-0.2, 0) is 14.3 Å². The van der Waals surface area contributed by atoms with E-state index in [0.29, 0.717) is 37.5 Å². The standard InChI is InChI=1S/C15H21NO4/c1-3-10-20-15(18)12-5-7-13(8-6-12)16-14(17)9-11-19-4-2/h5-8H,3-4,9-11H2,1-2H3,(H,16,17). The Hall–Kier alpha value is -1.88. The minimum atomic E-state index is -0.346. The van der Waals surface area contributed by atoms with Gasteiger partial charge in [-0.3, -0.25) is 4.79 Å². The molecular formula is C15H21NO4. The van der Waals surface area contributed by atoms with Crippen molar-refractivity contribution in [2.24, 2.45) is 0 Å². The number of hydrogen-bond donors (Lipinski definition) is 1. The van der Waals surface area contributed by atoms with Gasteiger partial charge in [0.25, 0.3) is 0 Å². The van der Waals surface area contributed by atoms with Crippen LogP contribution < -0.4 is 5.32 Å². The summed E-state index contributed by atoms with van der Waals surface area (Å²) in [5.74, 6) is -0.458. The molecule has 0 radical (unpaired) electrons. The maximum Gasteiger partial charge on any atom is 0.338 e. The maximum atomic E-state index is 11.6. The topological polar surface area (TPSA) is 64.6 Å². The minimum absolute atomic E-state index is 0.111. The molecule has 1 aromatic rings. The molecule has 1 rings (SSSR count). The fraction of sp³-hybridized carbons (Fsp3) is 0.467. The van der Waals surface area contributed by atoms with Crippen LogP contribution in [-0.4, -0.2) is 31.7 Å². The predicted octanol–water partition coefficient (Wildman–Crippen LogP) is 2.62. The Balaban J connectivity index is 2.45. The van der Waals surface area contributed by atoms with Crippen molar-refractivity contribution in [3.63, 3.8) is 0 Å². The highest BCUT2D eigenvalue weighted by Crippen LogP contribution is 2.11. The van der Waals surface area contributed by atoms with E-state index in [9.17, 15) is 9.59 Å². The molecule has 20 heavy (non-hydrogen) atoms. The summed E-state index contributed by atoms with van der Waals surface area (Å²) in [4.78, 5) is 23.2. The van der Waals surface area contributed by atoms with Gasteiger partial charge in [-0.2, -0.15) is 0 Å². The first kappa shape index (κ1) is 16.2. The number of benzene rings is 1. The van der Waals surface area contributed by atoms with Crippen molar-refractivity contribution in [3.8, 4) is 0 Å². The Morgan fingerprint density at radius 3 is 2.40 bits per heavy atom. The van der Waals surface area contributed by atoms with E-state index < -0.39 is 0 Å². The van der Waals surface area contributed by atoms with Crippen molar-refractivity contribution in [1.82, 2.24) is 0 Å². The lowest BCUT2D eigenvalue weighted by Crippen LogP contribution is -2.14. The monoisotopic (exact) mass is 279 g/mol. The Morgan fingerprint density at radius 2 is 1.80 bits per heavy atom. The minimum Gasteiger partial charge on any atom is -0.462 e. The predicted molar refractivity (Wildman–Crippen MR) is 76.8 cm³/mol. The van der Waals surface area contributed by atoms with Gasteiger partial charge >= 0.3 is 5.97 Å². The van der Waals surface area contributed by atoms with Gasteiger partial charge in [-0.15, -0.1) is 0 Å². The molecule has 110 valence electrons. The van der Waals surface area contributed by atoms with Crippen LogP contribution in [0.3, 0.4) is 0 Å². The first-order valence-electron chi connectivity index (χ1n) is 6.82. The number of esters is 1. The van der Waals surface area contributed by atoms with E-state index in [1.54, 1.807) is 24.3 Å². The van der Waals surface area contributed by atoms with Crippen LogP contribution in [0.4, 0.5) is 5.69 Å². The molecule has 0 aliphatic rings. The average molecular weight is 279 g/mol. The Bertz CT molecular complexity index is 428. The van der Waals surface area contributed by atoms with Gasteiger partial charge in [-0.25, -0.2) is 4.79 Å². The van der Waals surface area contributed by atoms with Crippen molar-refractivity contribution in [1.29, 1.82) is 0 Å². The molecule has 0 spiro atoms. The van der Waals surface area contributed by atoms with Gasteiger partial charge in [-0.1, -0.05) is 6.92 Å². The molecule has 0 heterocycles. The second-order valence-electron chi connectivity index (χ2n) is 4.21. The Labute approximate surface area is 119 Å². The van der Waals surface area contributed by atoms with Gasteiger partial charge in [0.1, 0.15) is 0 Å². The summed E-state index contributed by atoms with van der Waals surface area (Å²) in [6.45, 7) is 5.24. The zero-order chi connectivity index (χ0) is 14.8. The van der Waals surface area contributed by atoms with Gasteiger partial charge in [0, 0.05) is 12.3 Å². The number of anilines is 1. The normalized spacial score (nSPS) is 10.1. The number of nitrogens with one attached hydrogen (secondary N) is 1. The number of rotatable bonds is 8. The summed E-state index contributed by atoms with van der Waals surface area (Å²) in [7, 11) is 0. The number of amides is 1. The van der Waals surface area contributed by atoms with E-state index in [1.807, 2.05) is 13.8 Å².